The van der Waals surface area contributed by atoms with Crippen LogP contribution in [0.4, 0.5) is 4.79 Å². The molecule has 1 aliphatic heterocycles. The molecule has 0 aliphatic carbocycles. The molecule has 3 heterocycles. The first-order valence-corrected chi connectivity index (χ1v) is 10.1. The minimum Gasteiger partial charge on any atom is -0.493 e. The number of amides is 1. The van der Waals surface area contributed by atoms with Crippen LogP contribution in [0.25, 0.3) is 11.3 Å². The molecule has 31 heavy (non-hydrogen) atoms. The zero-order chi connectivity index (χ0) is 21.5. The van der Waals surface area contributed by atoms with Crippen LogP contribution in [-0.2, 0) is 22.6 Å². The number of furan rings is 1. The van der Waals surface area contributed by atoms with Gasteiger partial charge in [0.25, 0.3) is 0 Å². The second-order valence-electron chi connectivity index (χ2n) is 6.98. The Morgan fingerprint density at radius 1 is 1.29 bits per heavy atom. The summed E-state index contributed by atoms with van der Waals surface area (Å²) in [6.45, 7) is 2.14. The van der Waals surface area contributed by atoms with Gasteiger partial charge in [-0.15, -0.1) is 0 Å². The molecule has 0 spiro atoms. The number of ether oxygens (including phenoxy) is 4. The molecule has 164 valence electrons. The van der Waals surface area contributed by atoms with Gasteiger partial charge in [0, 0.05) is 18.2 Å². The molecule has 0 radical (unpaired) electrons. The van der Waals surface area contributed by atoms with Crippen LogP contribution >= 0.6 is 0 Å². The summed E-state index contributed by atoms with van der Waals surface area (Å²) in [5.74, 6) is 1.99. The summed E-state index contributed by atoms with van der Waals surface area (Å²) in [6, 6.07) is 11.2. The highest BCUT2D eigenvalue weighted by molar-refractivity contribution is 5.67. The Balaban J connectivity index is 1.36. The number of nitrogens with zero attached hydrogens (tertiary/aromatic N) is 2. The minimum atomic E-state index is -0.510. The fourth-order valence-corrected chi connectivity index (χ4v) is 3.32. The van der Waals surface area contributed by atoms with Gasteiger partial charge in [-0.25, -0.2) is 4.79 Å². The van der Waals surface area contributed by atoms with E-state index >= 15 is 0 Å². The zero-order valence-corrected chi connectivity index (χ0v) is 17.3. The second kappa shape index (κ2) is 10.0. The highest BCUT2D eigenvalue weighted by atomic mass is 16.6. The lowest BCUT2D eigenvalue weighted by molar-refractivity contribution is 0.138. The normalized spacial score (nSPS) is 15.6. The topological polar surface area (TPSA) is 97.0 Å². The lowest BCUT2D eigenvalue weighted by Crippen LogP contribution is -2.25. The summed E-state index contributed by atoms with van der Waals surface area (Å²) in [6.07, 6.45) is 3.62. The van der Waals surface area contributed by atoms with E-state index in [4.69, 9.17) is 23.4 Å². The van der Waals surface area contributed by atoms with E-state index in [0.717, 1.165) is 17.7 Å². The quantitative estimate of drug-likeness (QED) is 0.560. The van der Waals surface area contributed by atoms with Crippen molar-refractivity contribution in [2.24, 2.45) is 0 Å². The number of benzene rings is 1. The molecule has 1 unspecified atom stereocenters. The van der Waals surface area contributed by atoms with Crippen molar-refractivity contribution in [2.45, 2.75) is 25.6 Å². The first kappa shape index (κ1) is 20.8. The molecule has 0 saturated carbocycles. The van der Waals surface area contributed by atoms with E-state index in [1.54, 1.807) is 36.4 Å². The average molecular weight is 427 g/mol. The van der Waals surface area contributed by atoms with Gasteiger partial charge in [0.05, 0.1) is 45.4 Å². The van der Waals surface area contributed by atoms with Crippen molar-refractivity contribution in [3.63, 3.8) is 0 Å². The van der Waals surface area contributed by atoms with Crippen LogP contribution < -0.4 is 14.8 Å². The number of hydrogen-bond acceptors (Lipinski definition) is 7. The van der Waals surface area contributed by atoms with Crippen molar-refractivity contribution in [1.82, 2.24) is 15.1 Å². The molecule has 0 bridgehead atoms. The largest absolute Gasteiger partial charge is 0.493 e. The predicted octanol–water partition coefficient (Wildman–Crippen LogP) is 3.25. The Hall–Kier alpha value is -3.46. The van der Waals surface area contributed by atoms with E-state index in [1.807, 2.05) is 24.3 Å². The molecule has 1 fully saturated rings. The van der Waals surface area contributed by atoms with Crippen LogP contribution in [0.3, 0.4) is 0 Å². The fourth-order valence-electron chi connectivity index (χ4n) is 3.32. The molecular formula is C22H25N3O6. The Kier molecular flexibility index (Phi) is 6.73. The van der Waals surface area contributed by atoms with Crippen molar-refractivity contribution in [2.75, 3.05) is 26.9 Å². The molecule has 4 rings (SSSR count). The Morgan fingerprint density at radius 3 is 3.00 bits per heavy atom. The molecule has 1 aromatic carbocycles. The number of aromatic nitrogens is 2. The third kappa shape index (κ3) is 5.37. The highest BCUT2D eigenvalue weighted by Crippen LogP contribution is 2.34. The average Bonchev–Trinajstić information content (AvgIpc) is 3.55. The van der Waals surface area contributed by atoms with Gasteiger partial charge in [-0.1, -0.05) is 0 Å². The van der Waals surface area contributed by atoms with Gasteiger partial charge >= 0.3 is 6.09 Å². The first-order chi connectivity index (χ1) is 15.2. The highest BCUT2D eigenvalue weighted by Gasteiger charge is 2.20. The van der Waals surface area contributed by atoms with E-state index < -0.39 is 6.09 Å². The summed E-state index contributed by atoms with van der Waals surface area (Å²) in [7, 11) is 1.62. The minimum absolute atomic E-state index is 0.0159. The Labute approximate surface area is 179 Å². The summed E-state index contributed by atoms with van der Waals surface area (Å²) >= 11 is 0. The van der Waals surface area contributed by atoms with E-state index in [1.165, 1.54) is 0 Å². The number of nitrogens with one attached hydrogen (secondary N) is 1. The van der Waals surface area contributed by atoms with E-state index in [0.29, 0.717) is 37.0 Å². The molecule has 9 nitrogen and oxygen atoms in total. The third-order valence-electron chi connectivity index (χ3n) is 4.88. The van der Waals surface area contributed by atoms with Gasteiger partial charge in [-0.2, -0.15) is 5.10 Å². The van der Waals surface area contributed by atoms with Gasteiger partial charge in [0.15, 0.2) is 11.5 Å². The summed E-state index contributed by atoms with van der Waals surface area (Å²) in [5, 5.41) is 6.99. The van der Waals surface area contributed by atoms with Gasteiger partial charge in [-0.3, -0.25) is 4.68 Å². The number of methoxy groups -OCH3 is 1. The van der Waals surface area contributed by atoms with Crippen LogP contribution in [0.15, 0.2) is 53.3 Å². The molecule has 9 heteroatoms. The molecule has 2 aromatic heterocycles. The SMILES string of the molecule is COc1ccc(-c2ccnn2CCOC(=O)NCc2ccco2)cc1OC1CCOC1. The molecular weight excluding hydrogens is 402 g/mol. The lowest BCUT2D eigenvalue weighted by atomic mass is 10.1. The summed E-state index contributed by atoms with van der Waals surface area (Å²) in [5.41, 5.74) is 1.81. The Bertz CT molecular complexity index is 979. The molecule has 1 saturated heterocycles. The smallest absolute Gasteiger partial charge is 0.407 e. The first-order valence-electron chi connectivity index (χ1n) is 10.1. The predicted molar refractivity (Wildman–Crippen MR) is 111 cm³/mol. The van der Waals surface area contributed by atoms with Gasteiger partial charge in [0.1, 0.15) is 18.5 Å². The van der Waals surface area contributed by atoms with Crippen LogP contribution in [0.2, 0.25) is 0 Å². The standard InChI is InChI=1S/C22H25N3O6/c1-27-20-5-4-16(13-21(20)31-18-7-11-28-15-18)19-6-8-24-25(19)9-12-30-22(26)23-14-17-3-2-10-29-17/h2-6,8,10,13,18H,7,9,11-12,14-15H2,1H3,(H,23,26). The van der Waals surface area contributed by atoms with Crippen molar-refractivity contribution < 1.29 is 28.2 Å². The molecule has 1 atom stereocenters. The van der Waals surface area contributed by atoms with Gasteiger partial charge < -0.3 is 28.7 Å². The van der Waals surface area contributed by atoms with Crippen LogP contribution in [0.1, 0.15) is 12.2 Å². The van der Waals surface area contributed by atoms with Crippen LogP contribution in [0.5, 0.6) is 11.5 Å². The van der Waals surface area contributed by atoms with Crippen LogP contribution in [-0.4, -0.2) is 48.9 Å². The lowest BCUT2D eigenvalue weighted by Gasteiger charge is -2.16. The van der Waals surface area contributed by atoms with Gasteiger partial charge in [0.2, 0.25) is 0 Å². The van der Waals surface area contributed by atoms with Crippen molar-refractivity contribution in [3.05, 3.63) is 54.6 Å². The van der Waals surface area contributed by atoms with Gasteiger partial charge in [-0.05, 0) is 36.4 Å². The maximum Gasteiger partial charge on any atom is 0.407 e. The molecule has 1 N–H and O–H groups in total. The summed E-state index contributed by atoms with van der Waals surface area (Å²) < 4.78 is 29.1. The molecule has 1 amide bonds. The number of rotatable bonds is 9. The van der Waals surface area contributed by atoms with E-state index in [2.05, 4.69) is 10.4 Å². The van der Waals surface area contributed by atoms with Crippen molar-refractivity contribution in [1.29, 1.82) is 0 Å². The fraction of sp³-hybridized carbons (Fsp3) is 0.364. The summed E-state index contributed by atoms with van der Waals surface area (Å²) in [4.78, 5) is 11.9. The van der Waals surface area contributed by atoms with Crippen LogP contribution in [0, 0.1) is 0 Å². The molecule has 1 aliphatic rings. The van der Waals surface area contributed by atoms with Crippen molar-refractivity contribution in [3.8, 4) is 22.8 Å². The molecule has 3 aromatic rings. The monoisotopic (exact) mass is 427 g/mol. The third-order valence-corrected chi connectivity index (χ3v) is 4.88. The Morgan fingerprint density at radius 2 is 2.23 bits per heavy atom. The second-order valence-corrected chi connectivity index (χ2v) is 6.98. The number of carbonyl (C=O) groups is 1. The van der Waals surface area contributed by atoms with E-state index in [-0.39, 0.29) is 19.3 Å². The maximum atomic E-state index is 11.9. The maximum absolute atomic E-state index is 11.9. The van der Waals surface area contributed by atoms with Crippen molar-refractivity contribution >= 4 is 6.09 Å². The number of carbonyl (C=O) groups excluding carboxylic acids is 1. The van der Waals surface area contributed by atoms with E-state index in [9.17, 15) is 4.79 Å². The number of hydrogen-bond donors (Lipinski definition) is 1. The number of alkyl carbamates (subject to hydrolysis) is 1. The zero-order valence-electron chi connectivity index (χ0n) is 17.3.